The van der Waals surface area contributed by atoms with Crippen molar-refractivity contribution in [3.63, 3.8) is 0 Å². The Morgan fingerprint density at radius 1 is 1.40 bits per heavy atom. The highest BCUT2D eigenvalue weighted by Gasteiger charge is 2.20. The Balaban J connectivity index is 2.23. The maximum absolute atomic E-state index is 11.6. The summed E-state index contributed by atoms with van der Waals surface area (Å²) in [5.41, 5.74) is 9.13. The summed E-state index contributed by atoms with van der Waals surface area (Å²) in [4.78, 5) is 15.6. The van der Waals surface area contributed by atoms with E-state index in [-0.39, 0.29) is 12.5 Å². The van der Waals surface area contributed by atoms with Crippen molar-refractivity contribution in [3.8, 4) is 0 Å². The lowest BCUT2D eigenvalue weighted by molar-refractivity contribution is -0.117. The Kier molecular flexibility index (Phi) is 2.64. The third-order valence-electron chi connectivity index (χ3n) is 2.10. The quantitative estimate of drug-likeness (QED) is 0.706. The van der Waals surface area contributed by atoms with Crippen LogP contribution in [0.1, 0.15) is 0 Å². The van der Waals surface area contributed by atoms with E-state index in [0.717, 1.165) is 5.69 Å². The van der Waals surface area contributed by atoms with E-state index >= 15 is 0 Å². The number of nitrogens with two attached hydrogens (primary N) is 1. The number of amides is 1. The third kappa shape index (κ3) is 1.97. The Morgan fingerprint density at radius 3 is 2.80 bits per heavy atom. The van der Waals surface area contributed by atoms with Crippen LogP contribution >= 0.6 is 0 Å². The van der Waals surface area contributed by atoms with E-state index in [2.05, 4.69) is 10.4 Å². The fourth-order valence-electron chi connectivity index (χ4n) is 1.36. The van der Waals surface area contributed by atoms with Crippen LogP contribution in [-0.2, 0) is 4.79 Å². The highest BCUT2D eigenvalue weighted by atomic mass is 16.2. The van der Waals surface area contributed by atoms with Crippen molar-refractivity contribution in [3.05, 3.63) is 30.3 Å². The van der Waals surface area contributed by atoms with Crippen LogP contribution in [0.3, 0.4) is 0 Å². The van der Waals surface area contributed by atoms with Gasteiger partial charge in [-0.15, -0.1) is 0 Å². The summed E-state index contributed by atoms with van der Waals surface area (Å²) in [6, 6.07) is 9.35. The number of carbonyl (C=O) groups is 1. The molecule has 1 heterocycles. The number of amidine groups is 1. The topological polar surface area (TPSA) is 70.7 Å². The molecule has 0 radical (unpaired) electrons. The molecule has 0 fully saturated rings. The van der Waals surface area contributed by atoms with Crippen LogP contribution in [0.5, 0.6) is 0 Å². The summed E-state index contributed by atoms with van der Waals surface area (Å²) >= 11 is 0. The summed E-state index contributed by atoms with van der Waals surface area (Å²) in [6.45, 7) is 0.449. The van der Waals surface area contributed by atoms with E-state index in [1.165, 1.54) is 5.01 Å². The molecule has 0 bridgehead atoms. The number of rotatable bonds is 2. The number of hydrazine groups is 1. The van der Waals surface area contributed by atoms with Gasteiger partial charge in [-0.25, -0.2) is 5.01 Å². The molecule has 0 unspecified atom stereocenters. The van der Waals surface area contributed by atoms with Crippen LogP contribution in [-0.4, -0.2) is 24.8 Å². The van der Waals surface area contributed by atoms with Gasteiger partial charge in [0, 0.05) is 0 Å². The van der Waals surface area contributed by atoms with Crippen molar-refractivity contribution in [1.82, 2.24) is 5.43 Å². The maximum Gasteiger partial charge on any atom is 0.267 e. The van der Waals surface area contributed by atoms with E-state index in [1.807, 2.05) is 30.3 Å². The molecule has 1 aromatic carbocycles. The number of nitrogens with zero attached hydrogens (tertiary/aromatic N) is 2. The minimum atomic E-state index is -0.0848. The first kappa shape index (κ1) is 9.67. The average Bonchev–Trinajstić information content (AvgIpc) is 2.31. The van der Waals surface area contributed by atoms with E-state index in [0.29, 0.717) is 12.4 Å². The minimum Gasteiger partial charge on any atom is -0.324 e. The zero-order valence-corrected chi connectivity index (χ0v) is 8.18. The van der Waals surface area contributed by atoms with Gasteiger partial charge in [0.15, 0.2) is 0 Å². The molecule has 15 heavy (non-hydrogen) atoms. The second-order valence-electron chi connectivity index (χ2n) is 3.14. The lowest BCUT2D eigenvalue weighted by atomic mass is 10.3. The van der Waals surface area contributed by atoms with Crippen LogP contribution in [0, 0.1) is 0 Å². The van der Waals surface area contributed by atoms with Crippen LogP contribution in [0.15, 0.2) is 35.3 Å². The monoisotopic (exact) mass is 204 g/mol. The smallest absolute Gasteiger partial charge is 0.267 e. The number of hydrogen-bond acceptors (Lipinski definition) is 4. The lowest BCUT2D eigenvalue weighted by Gasteiger charge is -2.27. The predicted molar refractivity (Wildman–Crippen MR) is 58.4 cm³/mol. The van der Waals surface area contributed by atoms with Crippen molar-refractivity contribution >= 4 is 17.4 Å². The number of benzene rings is 1. The van der Waals surface area contributed by atoms with E-state index < -0.39 is 0 Å². The van der Waals surface area contributed by atoms with Gasteiger partial charge in [-0.2, -0.15) is 0 Å². The van der Waals surface area contributed by atoms with Crippen LogP contribution < -0.4 is 16.2 Å². The Labute approximate surface area is 87.6 Å². The minimum absolute atomic E-state index is 0.0848. The molecule has 0 aromatic heterocycles. The van der Waals surface area contributed by atoms with Crippen molar-refractivity contribution < 1.29 is 4.79 Å². The number of nitrogens with one attached hydrogen (secondary N) is 1. The molecule has 2 rings (SSSR count). The van der Waals surface area contributed by atoms with Gasteiger partial charge in [-0.1, -0.05) is 18.2 Å². The molecule has 1 aliphatic heterocycles. The van der Waals surface area contributed by atoms with Crippen LogP contribution in [0.2, 0.25) is 0 Å². The highest BCUT2D eigenvalue weighted by molar-refractivity contribution is 6.02. The van der Waals surface area contributed by atoms with E-state index in [4.69, 9.17) is 5.73 Å². The molecule has 5 nitrogen and oxygen atoms in total. The summed E-state index contributed by atoms with van der Waals surface area (Å²) in [5, 5.41) is 1.47. The molecule has 5 heteroatoms. The first-order valence-electron chi connectivity index (χ1n) is 4.69. The molecule has 78 valence electrons. The van der Waals surface area contributed by atoms with Crippen molar-refractivity contribution in [1.29, 1.82) is 0 Å². The normalized spacial score (nSPS) is 15.9. The highest BCUT2D eigenvalue weighted by Crippen LogP contribution is 2.12. The van der Waals surface area contributed by atoms with Crippen molar-refractivity contribution in [2.24, 2.45) is 10.7 Å². The number of para-hydroxylation sites is 1. The predicted octanol–water partition coefficient (Wildman–Crippen LogP) is -0.105. The second-order valence-corrected chi connectivity index (χ2v) is 3.14. The van der Waals surface area contributed by atoms with E-state index in [1.54, 1.807) is 0 Å². The SMILES string of the molecule is NCC1=NCC(=O)N(c2ccccc2)N1. The van der Waals surface area contributed by atoms with E-state index in [9.17, 15) is 4.79 Å². The first-order valence-corrected chi connectivity index (χ1v) is 4.69. The Morgan fingerprint density at radius 2 is 2.13 bits per heavy atom. The number of hydrogen-bond donors (Lipinski definition) is 2. The zero-order chi connectivity index (χ0) is 10.7. The standard InChI is InChI=1S/C10H12N4O/c11-6-9-12-7-10(15)14(13-9)8-4-2-1-3-5-8/h1-5H,6-7,11H2,(H,12,13). The summed E-state index contributed by atoms with van der Waals surface area (Å²) in [6.07, 6.45) is 0. The number of carbonyl (C=O) groups excluding carboxylic acids is 1. The molecule has 1 aromatic rings. The molecule has 0 spiro atoms. The zero-order valence-electron chi connectivity index (χ0n) is 8.18. The van der Waals surface area contributed by atoms with Gasteiger partial charge in [0.1, 0.15) is 12.4 Å². The first-order chi connectivity index (χ1) is 7.31. The second kappa shape index (κ2) is 4.10. The lowest BCUT2D eigenvalue weighted by Crippen LogP contribution is -2.53. The van der Waals surface area contributed by atoms with Gasteiger partial charge in [0.05, 0.1) is 12.2 Å². The summed E-state index contributed by atoms with van der Waals surface area (Å²) < 4.78 is 0. The van der Waals surface area contributed by atoms with Gasteiger partial charge in [-0.3, -0.25) is 15.2 Å². The maximum atomic E-state index is 11.6. The average molecular weight is 204 g/mol. The fraction of sp³-hybridized carbons (Fsp3) is 0.200. The molecule has 1 aliphatic rings. The molecule has 0 atom stereocenters. The molecular weight excluding hydrogens is 192 g/mol. The van der Waals surface area contributed by atoms with Gasteiger partial charge in [0.2, 0.25) is 0 Å². The molecule has 3 N–H and O–H groups in total. The number of anilines is 1. The Bertz CT molecular complexity index is 388. The largest absolute Gasteiger partial charge is 0.324 e. The fourth-order valence-corrected chi connectivity index (χ4v) is 1.36. The van der Waals surface area contributed by atoms with Crippen molar-refractivity contribution in [2.45, 2.75) is 0 Å². The molecule has 0 saturated carbocycles. The Hall–Kier alpha value is -1.88. The van der Waals surface area contributed by atoms with Gasteiger partial charge in [0.25, 0.3) is 5.91 Å². The van der Waals surface area contributed by atoms with Gasteiger partial charge in [-0.05, 0) is 12.1 Å². The number of aliphatic imine (C=N–C) groups is 1. The van der Waals surface area contributed by atoms with Gasteiger partial charge < -0.3 is 5.73 Å². The molecule has 1 amide bonds. The van der Waals surface area contributed by atoms with Crippen LogP contribution in [0.4, 0.5) is 5.69 Å². The van der Waals surface area contributed by atoms with Crippen molar-refractivity contribution in [2.75, 3.05) is 18.1 Å². The molecular formula is C10H12N4O. The van der Waals surface area contributed by atoms with Crippen LogP contribution in [0.25, 0.3) is 0 Å². The molecule has 0 saturated heterocycles. The summed E-state index contributed by atoms with van der Waals surface area (Å²) in [7, 11) is 0. The molecule has 0 aliphatic carbocycles. The third-order valence-corrected chi connectivity index (χ3v) is 2.10. The summed E-state index contributed by atoms with van der Waals surface area (Å²) in [5.74, 6) is 0.539. The van der Waals surface area contributed by atoms with Gasteiger partial charge >= 0.3 is 0 Å².